The van der Waals surface area contributed by atoms with Crippen LogP contribution < -0.4 is 20.7 Å². The first kappa shape index (κ1) is 31.2. The fourth-order valence-corrected chi connectivity index (χ4v) is 8.19. The first-order chi connectivity index (χ1) is 22.2. The smallest absolute Gasteiger partial charge is 0.319 e. The van der Waals surface area contributed by atoms with Crippen molar-refractivity contribution < 1.29 is 22.7 Å². The second kappa shape index (κ2) is 12.7. The molecule has 9 nitrogen and oxygen atoms in total. The van der Waals surface area contributed by atoms with E-state index in [9.17, 15) is 13.6 Å². The van der Waals surface area contributed by atoms with E-state index in [1.807, 2.05) is 0 Å². The number of piperidine rings is 1. The van der Waals surface area contributed by atoms with Gasteiger partial charge in [-0.1, -0.05) is 11.6 Å². The van der Waals surface area contributed by atoms with Gasteiger partial charge >= 0.3 is 6.01 Å². The van der Waals surface area contributed by atoms with Crippen LogP contribution in [0.2, 0.25) is 5.02 Å². The molecule has 6 bridgehead atoms. The van der Waals surface area contributed by atoms with E-state index in [1.54, 1.807) is 6.20 Å². The Bertz CT molecular complexity index is 1660. The number of rotatable bonds is 3. The van der Waals surface area contributed by atoms with Gasteiger partial charge in [-0.2, -0.15) is 9.97 Å². The average Bonchev–Trinajstić information content (AvgIpc) is 3.57. The summed E-state index contributed by atoms with van der Waals surface area (Å²) in [5.74, 6) is -0.706. The number of aromatic nitrogens is 3. The summed E-state index contributed by atoms with van der Waals surface area (Å²) in [5.41, 5.74) is 5.94. The maximum atomic E-state index is 16.8. The number of ether oxygens (including phenoxy) is 1. The molecule has 3 saturated heterocycles. The first-order valence-electron chi connectivity index (χ1n) is 16.4. The Kier molecular flexibility index (Phi) is 8.60. The van der Waals surface area contributed by atoms with Crippen LogP contribution in [0.3, 0.4) is 0 Å². The molecule has 246 valence electrons. The molecule has 1 amide bonds. The number of nitrogens with two attached hydrogens (primary N) is 1. The molecule has 5 aliphatic rings. The van der Waals surface area contributed by atoms with Crippen molar-refractivity contribution in [3.63, 3.8) is 0 Å². The van der Waals surface area contributed by atoms with Gasteiger partial charge in [0.25, 0.3) is 0 Å². The summed E-state index contributed by atoms with van der Waals surface area (Å²) < 4.78 is 52.4. The van der Waals surface area contributed by atoms with E-state index in [4.69, 9.17) is 27.1 Å². The monoisotopic (exact) mass is 657 g/mol. The molecule has 3 aromatic rings. The third kappa shape index (κ3) is 5.83. The summed E-state index contributed by atoms with van der Waals surface area (Å²) in [6.07, 6.45) is 7.22. The minimum atomic E-state index is -0.914. The van der Waals surface area contributed by atoms with Gasteiger partial charge in [0.05, 0.1) is 21.6 Å². The van der Waals surface area contributed by atoms with Crippen LogP contribution in [0.5, 0.6) is 6.01 Å². The molecule has 2 unspecified atom stereocenters. The number of benzene rings is 1. The molecule has 5 aliphatic heterocycles. The number of carbonyl (C=O) groups excluding carboxylic acids is 1. The van der Waals surface area contributed by atoms with E-state index in [0.29, 0.717) is 81.0 Å². The molecule has 1 aromatic carbocycles. The third-order valence-corrected chi connectivity index (χ3v) is 10.6. The van der Waals surface area contributed by atoms with Crippen LogP contribution in [0.4, 0.5) is 24.7 Å². The molecular weight excluding hydrogens is 619 g/mol. The van der Waals surface area contributed by atoms with Crippen LogP contribution >= 0.6 is 11.6 Å². The van der Waals surface area contributed by atoms with E-state index in [-0.39, 0.29) is 46.0 Å². The number of nitrogens with zero attached hydrogens (tertiary/aromatic N) is 5. The summed E-state index contributed by atoms with van der Waals surface area (Å²) in [5, 5.41) is 3.27. The molecule has 3 atom stereocenters. The molecule has 46 heavy (non-hydrogen) atoms. The van der Waals surface area contributed by atoms with Crippen molar-refractivity contribution in [2.75, 3.05) is 50.0 Å². The fourth-order valence-electron chi connectivity index (χ4n) is 7.89. The lowest BCUT2D eigenvalue weighted by Crippen LogP contribution is -2.43. The minimum absolute atomic E-state index is 0.0164. The predicted octanol–water partition coefficient (Wildman–Crippen LogP) is 5.61. The molecule has 13 heteroatoms. The molecule has 0 radical (unpaired) electrons. The molecule has 0 spiro atoms. The Labute approximate surface area is 271 Å². The Hall–Kier alpha value is -3.38. The van der Waals surface area contributed by atoms with Gasteiger partial charge in [0.1, 0.15) is 29.8 Å². The quantitative estimate of drug-likeness (QED) is 0.350. The van der Waals surface area contributed by atoms with E-state index in [2.05, 4.69) is 25.1 Å². The van der Waals surface area contributed by atoms with Crippen LogP contribution in [0.25, 0.3) is 22.2 Å². The van der Waals surface area contributed by atoms with Crippen LogP contribution in [0.15, 0.2) is 12.3 Å². The molecule has 0 saturated carbocycles. The highest BCUT2D eigenvalue weighted by molar-refractivity contribution is 6.32. The summed E-state index contributed by atoms with van der Waals surface area (Å²) in [7, 11) is 0. The zero-order valence-corrected chi connectivity index (χ0v) is 26.5. The van der Waals surface area contributed by atoms with E-state index >= 15 is 4.39 Å². The number of amides is 1. The van der Waals surface area contributed by atoms with Crippen molar-refractivity contribution in [3.05, 3.63) is 34.5 Å². The van der Waals surface area contributed by atoms with E-state index in [0.717, 1.165) is 38.6 Å². The Morgan fingerprint density at radius 3 is 2.80 bits per heavy atom. The molecule has 0 aliphatic carbocycles. The van der Waals surface area contributed by atoms with Crippen molar-refractivity contribution >= 4 is 39.9 Å². The maximum absolute atomic E-state index is 16.8. The number of anilines is 2. The maximum Gasteiger partial charge on any atom is 0.319 e. The summed E-state index contributed by atoms with van der Waals surface area (Å²) in [6.45, 7) is 3.34. The van der Waals surface area contributed by atoms with Gasteiger partial charge in [-0.3, -0.25) is 14.7 Å². The lowest BCUT2D eigenvalue weighted by atomic mass is 9.94. The topological polar surface area (TPSA) is 110 Å². The Balaban J connectivity index is 1.34. The zero-order valence-electron chi connectivity index (χ0n) is 25.8. The number of hydrogen-bond donors (Lipinski definition) is 2. The van der Waals surface area contributed by atoms with Crippen molar-refractivity contribution in [3.8, 4) is 17.3 Å². The van der Waals surface area contributed by atoms with Crippen LogP contribution in [0, 0.1) is 17.6 Å². The highest BCUT2D eigenvalue weighted by atomic mass is 35.5. The molecular formula is C33H39ClF3N7O2. The van der Waals surface area contributed by atoms with Crippen LogP contribution in [0.1, 0.15) is 63.4 Å². The largest absolute Gasteiger partial charge is 0.461 e. The summed E-state index contributed by atoms with van der Waals surface area (Å²) >= 11 is 6.46. The summed E-state index contributed by atoms with van der Waals surface area (Å²) in [4.78, 5) is 30.7. The fraction of sp³-hybridized carbons (Fsp3) is 0.576. The van der Waals surface area contributed by atoms with Gasteiger partial charge in [0.15, 0.2) is 11.6 Å². The van der Waals surface area contributed by atoms with Crippen LogP contribution in [-0.2, 0) is 11.2 Å². The van der Waals surface area contributed by atoms with Crippen LogP contribution in [-0.4, -0.2) is 76.8 Å². The van der Waals surface area contributed by atoms with E-state index < -0.39 is 23.3 Å². The normalized spacial score (nSPS) is 25.7. The Morgan fingerprint density at radius 2 is 1.93 bits per heavy atom. The van der Waals surface area contributed by atoms with E-state index in [1.165, 1.54) is 6.07 Å². The van der Waals surface area contributed by atoms with Gasteiger partial charge in [-0.05, 0) is 75.5 Å². The number of fused-ring (bicyclic) bond motifs is 9. The lowest BCUT2D eigenvalue weighted by Gasteiger charge is -2.34. The number of nitrogen functional groups attached to an aromatic ring is 1. The highest BCUT2D eigenvalue weighted by Crippen LogP contribution is 2.42. The number of pyridine rings is 1. The standard InChI is InChI=1S/C33H39ClF3N7O2/c34-26-21-6-1-2-7-25(45)39-10-8-19-5-3-11-43(16-19)31-23-15-40-29(22(21)13-24(38)27(26)36)28(37)30(23)41-32(42-31)46-18-33-9-4-12-44(33)17-20(35)14-33/h13,15,19-20H,1-12,14,16-18,38H2,(H,39,45)/t19?,20?,33-/m0/s1. The van der Waals surface area contributed by atoms with Crippen molar-refractivity contribution in [2.45, 2.75) is 75.9 Å². The van der Waals surface area contributed by atoms with Gasteiger partial charge in [-0.15, -0.1) is 0 Å². The van der Waals surface area contributed by atoms with Gasteiger partial charge in [-0.25, -0.2) is 13.2 Å². The summed E-state index contributed by atoms with van der Waals surface area (Å²) in [6, 6.07) is 1.37. The molecule has 3 N–H and O–H groups in total. The minimum Gasteiger partial charge on any atom is -0.461 e. The SMILES string of the molecule is Nc1cc2c(c(Cl)c1F)CCCCC(=O)NCCC1CCCN(C1)c1nc(OC[C@@]34CCCN3CC(F)C4)nc3c(F)c-2ncc13. The van der Waals surface area contributed by atoms with Gasteiger partial charge < -0.3 is 20.7 Å². The number of halogens is 4. The van der Waals surface area contributed by atoms with Gasteiger partial charge in [0, 0.05) is 50.8 Å². The number of carbonyl (C=O) groups is 1. The van der Waals surface area contributed by atoms with Gasteiger partial charge in [0.2, 0.25) is 5.91 Å². The molecule has 2 aromatic heterocycles. The number of nitrogens with one attached hydrogen (secondary N) is 1. The second-order valence-corrected chi connectivity index (χ2v) is 13.7. The molecule has 7 heterocycles. The lowest BCUT2D eigenvalue weighted by molar-refractivity contribution is -0.121. The van der Waals surface area contributed by atoms with Crippen molar-refractivity contribution in [1.82, 2.24) is 25.2 Å². The Morgan fingerprint density at radius 1 is 1.09 bits per heavy atom. The third-order valence-electron chi connectivity index (χ3n) is 10.2. The highest BCUT2D eigenvalue weighted by Gasteiger charge is 2.49. The zero-order chi connectivity index (χ0) is 32.0. The van der Waals surface area contributed by atoms with Crippen molar-refractivity contribution in [1.29, 1.82) is 0 Å². The molecule has 8 rings (SSSR count). The predicted molar refractivity (Wildman–Crippen MR) is 171 cm³/mol. The molecule has 3 fully saturated rings. The average molecular weight is 658 g/mol. The number of alkyl halides is 1. The number of hydrogen-bond acceptors (Lipinski definition) is 8. The first-order valence-corrected chi connectivity index (χ1v) is 16.8. The second-order valence-electron chi connectivity index (χ2n) is 13.3. The van der Waals surface area contributed by atoms with Crippen molar-refractivity contribution in [2.24, 2.45) is 5.92 Å².